The van der Waals surface area contributed by atoms with Gasteiger partial charge in [0.25, 0.3) is 0 Å². The molecule has 1 aliphatic rings. The van der Waals surface area contributed by atoms with Crippen LogP contribution < -0.4 is 4.90 Å². The fraction of sp³-hybridized carbons (Fsp3) is 0.250. The van der Waals surface area contributed by atoms with Gasteiger partial charge >= 0.3 is 11.7 Å². The molecule has 0 unspecified atom stereocenters. The third kappa shape index (κ3) is 2.73. The van der Waals surface area contributed by atoms with Gasteiger partial charge in [0.2, 0.25) is 5.82 Å². The molecule has 3 rings (SSSR count). The van der Waals surface area contributed by atoms with Crippen molar-refractivity contribution in [3.63, 3.8) is 0 Å². The maximum Gasteiger partial charge on any atom is 0.345 e. The van der Waals surface area contributed by atoms with Crippen LogP contribution in [0.15, 0.2) is 36.5 Å². The molecular weight excluding hydrogens is 298 g/mol. The zero-order valence-corrected chi connectivity index (χ0v) is 12.6. The first-order valence-electron chi connectivity index (χ1n) is 7.15. The Morgan fingerprint density at radius 3 is 2.74 bits per heavy atom. The molecule has 2 aromatic rings. The molecule has 0 fully saturated rings. The monoisotopic (exact) mass is 313 g/mol. The highest BCUT2D eigenvalue weighted by molar-refractivity contribution is 5.96. The van der Waals surface area contributed by atoms with E-state index < -0.39 is 10.9 Å². The average molecular weight is 313 g/mol. The van der Waals surface area contributed by atoms with Gasteiger partial charge in [0.05, 0.1) is 12.0 Å². The topological polar surface area (TPSA) is 85.6 Å². The average Bonchev–Trinajstić information content (AvgIpc) is 2.59. The Balaban J connectivity index is 2.04. The second-order valence-electron chi connectivity index (χ2n) is 5.22. The number of rotatable bonds is 3. The fourth-order valence-electron chi connectivity index (χ4n) is 2.81. The maximum atomic E-state index is 11.8. The number of nitrogens with zero attached hydrogens (tertiary/aromatic N) is 3. The number of benzene rings is 1. The van der Waals surface area contributed by atoms with E-state index >= 15 is 0 Å². The lowest BCUT2D eigenvalue weighted by Crippen LogP contribution is -2.32. The van der Waals surface area contributed by atoms with Crippen molar-refractivity contribution in [1.82, 2.24) is 4.98 Å². The summed E-state index contributed by atoms with van der Waals surface area (Å²) in [4.78, 5) is 28.7. The third-order valence-corrected chi connectivity index (χ3v) is 3.92. The molecule has 0 saturated carbocycles. The van der Waals surface area contributed by atoms with Gasteiger partial charge in [-0.2, -0.15) is 0 Å². The first kappa shape index (κ1) is 15.0. The van der Waals surface area contributed by atoms with Crippen molar-refractivity contribution >= 4 is 17.5 Å². The minimum Gasteiger partial charge on any atom is -0.465 e. The second kappa shape index (κ2) is 6.04. The van der Waals surface area contributed by atoms with Gasteiger partial charge in [0, 0.05) is 19.3 Å². The number of hydrogen-bond donors (Lipinski definition) is 0. The van der Waals surface area contributed by atoms with Crippen molar-refractivity contribution in [1.29, 1.82) is 0 Å². The molecule has 23 heavy (non-hydrogen) atoms. The smallest absolute Gasteiger partial charge is 0.345 e. The highest BCUT2D eigenvalue weighted by Crippen LogP contribution is 2.33. The summed E-state index contributed by atoms with van der Waals surface area (Å²) >= 11 is 0. The Hall–Kier alpha value is -2.96. The third-order valence-electron chi connectivity index (χ3n) is 3.92. The molecule has 7 nitrogen and oxygen atoms in total. The number of carbonyl (C=O) groups is 1. The fourth-order valence-corrected chi connectivity index (χ4v) is 2.81. The van der Waals surface area contributed by atoms with Gasteiger partial charge < -0.3 is 9.64 Å². The van der Waals surface area contributed by atoms with Crippen LogP contribution >= 0.6 is 0 Å². The van der Waals surface area contributed by atoms with Gasteiger partial charge in [0.1, 0.15) is 5.56 Å². The molecule has 0 spiro atoms. The van der Waals surface area contributed by atoms with Crippen LogP contribution in [0.2, 0.25) is 0 Å². The lowest BCUT2D eigenvalue weighted by molar-refractivity contribution is -0.384. The first-order valence-corrected chi connectivity index (χ1v) is 7.15. The van der Waals surface area contributed by atoms with Crippen molar-refractivity contribution in [2.75, 3.05) is 18.6 Å². The molecule has 7 heteroatoms. The van der Waals surface area contributed by atoms with Crippen LogP contribution in [0.5, 0.6) is 0 Å². The number of pyridine rings is 1. The van der Waals surface area contributed by atoms with E-state index in [0.717, 1.165) is 12.0 Å². The number of ether oxygens (including phenoxy) is 1. The summed E-state index contributed by atoms with van der Waals surface area (Å²) in [5.74, 6) is -0.537. The summed E-state index contributed by atoms with van der Waals surface area (Å²) in [5.41, 5.74) is 1.95. The van der Waals surface area contributed by atoms with Crippen LogP contribution in [0.4, 0.5) is 11.5 Å². The predicted molar refractivity (Wildman–Crippen MR) is 83.4 cm³/mol. The van der Waals surface area contributed by atoms with E-state index in [-0.39, 0.29) is 17.1 Å². The molecule has 0 bridgehead atoms. The van der Waals surface area contributed by atoms with Gasteiger partial charge in [-0.05, 0) is 23.6 Å². The molecule has 2 heterocycles. The summed E-state index contributed by atoms with van der Waals surface area (Å²) < 4.78 is 4.64. The maximum absolute atomic E-state index is 11.8. The van der Waals surface area contributed by atoms with E-state index in [1.807, 2.05) is 23.1 Å². The number of carbonyl (C=O) groups excluding carboxylic acids is 1. The number of esters is 1. The highest BCUT2D eigenvalue weighted by Gasteiger charge is 2.30. The number of methoxy groups -OCH3 is 1. The molecule has 0 N–H and O–H groups in total. The van der Waals surface area contributed by atoms with E-state index in [2.05, 4.69) is 15.8 Å². The minimum absolute atomic E-state index is 0.0821. The van der Waals surface area contributed by atoms with Crippen LogP contribution in [-0.2, 0) is 17.7 Å². The van der Waals surface area contributed by atoms with Crippen molar-refractivity contribution in [2.45, 2.75) is 13.0 Å². The van der Waals surface area contributed by atoms with E-state index in [1.165, 1.54) is 24.9 Å². The lowest BCUT2D eigenvalue weighted by atomic mass is 10.00. The first-order chi connectivity index (χ1) is 11.1. The molecule has 118 valence electrons. The van der Waals surface area contributed by atoms with Gasteiger partial charge in [-0.15, -0.1) is 0 Å². The van der Waals surface area contributed by atoms with Crippen molar-refractivity contribution in [3.05, 3.63) is 63.3 Å². The van der Waals surface area contributed by atoms with Crippen molar-refractivity contribution < 1.29 is 14.5 Å². The molecule has 0 saturated heterocycles. The molecule has 0 aliphatic carbocycles. The predicted octanol–water partition coefficient (Wildman–Crippen LogP) is 2.34. The van der Waals surface area contributed by atoms with Gasteiger partial charge in [-0.1, -0.05) is 24.3 Å². The molecular formula is C16H15N3O4. The van der Waals surface area contributed by atoms with Crippen LogP contribution in [0.3, 0.4) is 0 Å². The minimum atomic E-state index is -0.738. The number of anilines is 1. The Morgan fingerprint density at radius 2 is 2.04 bits per heavy atom. The van der Waals surface area contributed by atoms with Crippen LogP contribution in [-0.4, -0.2) is 29.5 Å². The van der Waals surface area contributed by atoms with Gasteiger partial charge in [-0.3, -0.25) is 10.1 Å². The van der Waals surface area contributed by atoms with Crippen molar-refractivity contribution in [3.8, 4) is 0 Å². The van der Waals surface area contributed by atoms with Crippen molar-refractivity contribution in [2.24, 2.45) is 0 Å². The lowest BCUT2D eigenvalue weighted by Gasteiger charge is -2.29. The summed E-state index contributed by atoms with van der Waals surface area (Å²) in [6.45, 7) is 1.13. The number of fused-ring (bicyclic) bond motifs is 1. The molecule has 1 aromatic carbocycles. The Kier molecular flexibility index (Phi) is 3.92. The molecule has 0 amide bonds. The highest BCUT2D eigenvalue weighted by atomic mass is 16.6. The zero-order valence-electron chi connectivity index (χ0n) is 12.6. The van der Waals surface area contributed by atoms with E-state index in [9.17, 15) is 14.9 Å². The number of nitro groups is 1. The quantitative estimate of drug-likeness (QED) is 0.491. The van der Waals surface area contributed by atoms with Gasteiger partial charge in [-0.25, -0.2) is 9.78 Å². The SMILES string of the molecule is COC(=O)c1ccnc(N2CCc3ccccc3C2)c1[N+](=O)[O-]. The molecule has 1 aromatic heterocycles. The summed E-state index contributed by atoms with van der Waals surface area (Å²) in [6.07, 6.45) is 2.17. The second-order valence-corrected chi connectivity index (χ2v) is 5.22. The van der Waals surface area contributed by atoms with Crippen LogP contribution in [0, 0.1) is 10.1 Å². The molecule has 1 aliphatic heterocycles. The summed E-state index contributed by atoms with van der Waals surface area (Å²) in [6, 6.07) is 9.28. The summed E-state index contributed by atoms with van der Waals surface area (Å²) in [7, 11) is 1.20. The normalized spacial score (nSPS) is 13.3. The Bertz CT molecular complexity index is 776. The van der Waals surface area contributed by atoms with Crippen LogP contribution in [0.1, 0.15) is 21.5 Å². The standard InChI is InChI=1S/C16H15N3O4/c1-23-16(20)13-6-8-17-15(14(13)19(21)22)18-9-7-11-4-2-3-5-12(11)10-18/h2-6,8H,7,9-10H2,1H3. The largest absolute Gasteiger partial charge is 0.465 e. The number of hydrogen-bond acceptors (Lipinski definition) is 6. The Morgan fingerprint density at radius 1 is 1.30 bits per heavy atom. The Labute approximate surface area is 132 Å². The van der Waals surface area contributed by atoms with Gasteiger partial charge in [0.15, 0.2) is 0 Å². The molecule has 0 radical (unpaired) electrons. The molecule has 0 atom stereocenters. The van der Waals surface area contributed by atoms with E-state index in [0.29, 0.717) is 13.1 Å². The summed E-state index contributed by atoms with van der Waals surface area (Å²) in [5, 5.41) is 11.5. The van der Waals surface area contributed by atoms with E-state index in [1.54, 1.807) is 0 Å². The number of aromatic nitrogens is 1. The van der Waals surface area contributed by atoms with Crippen LogP contribution in [0.25, 0.3) is 0 Å². The zero-order chi connectivity index (χ0) is 16.4. The van der Waals surface area contributed by atoms with E-state index in [4.69, 9.17) is 0 Å².